The second-order valence-corrected chi connectivity index (χ2v) is 5.21. The highest BCUT2D eigenvalue weighted by molar-refractivity contribution is 7.18. The molecule has 7 heteroatoms. The number of carbonyl (C=O) groups is 1. The highest BCUT2D eigenvalue weighted by Gasteiger charge is 2.18. The van der Waals surface area contributed by atoms with Gasteiger partial charge in [-0.1, -0.05) is 17.4 Å². The smallest absolute Gasteiger partial charge is 0.265 e. The third-order valence-electron chi connectivity index (χ3n) is 2.67. The fraction of sp³-hybridized carbons (Fsp3) is 0.308. The maximum absolute atomic E-state index is 12.2. The van der Waals surface area contributed by atoms with Gasteiger partial charge in [-0.2, -0.15) is 0 Å². The summed E-state index contributed by atoms with van der Waals surface area (Å²) in [6, 6.07) is 5.40. The van der Waals surface area contributed by atoms with E-state index in [1.54, 1.807) is 6.20 Å². The van der Waals surface area contributed by atoms with E-state index in [0.29, 0.717) is 10.0 Å². The van der Waals surface area contributed by atoms with Crippen molar-refractivity contribution >= 4 is 28.2 Å². The molecule has 0 spiro atoms. The van der Waals surface area contributed by atoms with E-state index in [9.17, 15) is 4.79 Å². The van der Waals surface area contributed by atoms with E-state index in [1.165, 1.54) is 11.3 Å². The number of rotatable bonds is 5. The van der Waals surface area contributed by atoms with Gasteiger partial charge in [0.1, 0.15) is 10.7 Å². The number of nitrogens with one attached hydrogen (secondary N) is 2. The fourth-order valence-electron chi connectivity index (χ4n) is 1.69. The van der Waals surface area contributed by atoms with Gasteiger partial charge in [0.25, 0.3) is 5.91 Å². The Hall–Kier alpha value is -2.15. The first-order chi connectivity index (χ1) is 9.61. The molecule has 0 fully saturated rings. The van der Waals surface area contributed by atoms with Gasteiger partial charge in [-0.15, -0.1) is 0 Å². The Morgan fingerprint density at radius 2 is 2.30 bits per heavy atom. The number of carbonyl (C=O) groups excluding carboxylic acids is 1. The van der Waals surface area contributed by atoms with Crippen LogP contribution in [-0.2, 0) is 0 Å². The molecule has 0 aliphatic heterocycles. The van der Waals surface area contributed by atoms with Gasteiger partial charge in [0.05, 0.1) is 11.7 Å². The summed E-state index contributed by atoms with van der Waals surface area (Å²) in [6.07, 6.45) is 1.70. The van der Waals surface area contributed by atoms with Gasteiger partial charge < -0.3 is 16.4 Å². The van der Waals surface area contributed by atoms with Crippen LogP contribution in [0.4, 0.5) is 10.9 Å². The standard InChI is InChI=1S/C13H17N5OS/c1-3-15-13-18-11(14)10(20-13)12(19)17-8(2)9-6-4-5-7-16-9/h4-8H,3,14H2,1-2H3,(H,15,18)(H,17,19). The van der Waals surface area contributed by atoms with E-state index in [-0.39, 0.29) is 17.8 Å². The lowest BCUT2D eigenvalue weighted by Crippen LogP contribution is -2.27. The number of amides is 1. The number of nitrogen functional groups attached to an aromatic ring is 1. The van der Waals surface area contributed by atoms with Crippen LogP contribution in [0.15, 0.2) is 24.4 Å². The second kappa shape index (κ2) is 6.33. The number of hydrogen-bond donors (Lipinski definition) is 3. The first-order valence-electron chi connectivity index (χ1n) is 6.33. The summed E-state index contributed by atoms with van der Waals surface area (Å²) in [5, 5.41) is 6.57. The second-order valence-electron chi connectivity index (χ2n) is 4.21. The summed E-state index contributed by atoms with van der Waals surface area (Å²) in [4.78, 5) is 20.9. The van der Waals surface area contributed by atoms with E-state index in [0.717, 1.165) is 12.2 Å². The molecular formula is C13H17N5OS. The number of pyridine rings is 1. The molecule has 2 heterocycles. The molecule has 0 saturated heterocycles. The SMILES string of the molecule is CCNc1nc(N)c(C(=O)NC(C)c2ccccn2)s1. The van der Waals surface area contributed by atoms with Gasteiger partial charge in [-0.05, 0) is 26.0 Å². The summed E-state index contributed by atoms with van der Waals surface area (Å²) in [7, 11) is 0. The maximum Gasteiger partial charge on any atom is 0.265 e. The van der Waals surface area contributed by atoms with Gasteiger partial charge in [-0.3, -0.25) is 9.78 Å². The highest BCUT2D eigenvalue weighted by atomic mass is 32.1. The first-order valence-corrected chi connectivity index (χ1v) is 7.15. The zero-order valence-corrected chi connectivity index (χ0v) is 12.2. The number of nitrogens with zero attached hydrogens (tertiary/aromatic N) is 2. The molecule has 0 saturated carbocycles. The van der Waals surface area contributed by atoms with Crippen LogP contribution in [0, 0.1) is 0 Å². The minimum absolute atomic E-state index is 0.187. The predicted octanol–water partition coefficient (Wildman–Crippen LogP) is 2.04. The van der Waals surface area contributed by atoms with Crippen molar-refractivity contribution in [3.63, 3.8) is 0 Å². The molecule has 2 aromatic heterocycles. The lowest BCUT2D eigenvalue weighted by atomic mass is 10.2. The van der Waals surface area contributed by atoms with E-state index in [4.69, 9.17) is 5.73 Å². The molecule has 0 aliphatic carbocycles. The Morgan fingerprint density at radius 3 is 2.95 bits per heavy atom. The van der Waals surface area contributed by atoms with Crippen LogP contribution in [0.3, 0.4) is 0 Å². The van der Waals surface area contributed by atoms with Crippen molar-refractivity contribution in [3.05, 3.63) is 35.0 Å². The summed E-state index contributed by atoms with van der Waals surface area (Å²) >= 11 is 1.25. The van der Waals surface area contributed by atoms with Crippen molar-refractivity contribution in [1.82, 2.24) is 15.3 Å². The van der Waals surface area contributed by atoms with Crippen LogP contribution in [0.2, 0.25) is 0 Å². The van der Waals surface area contributed by atoms with Crippen LogP contribution in [-0.4, -0.2) is 22.4 Å². The lowest BCUT2D eigenvalue weighted by molar-refractivity contribution is 0.0944. The van der Waals surface area contributed by atoms with E-state index in [1.807, 2.05) is 32.0 Å². The van der Waals surface area contributed by atoms with Crippen LogP contribution >= 0.6 is 11.3 Å². The minimum atomic E-state index is -0.234. The van der Waals surface area contributed by atoms with Gasteiger partial charge in [0.15, 0.2) is 5.13 Å². The molecule has 2 aromatic rings. The molecule has 20 heavy (non-hydrogen) atoms. The zero-order chi connectivity index (χ0) is 14.5. The van der Waals surface area contributed by atoms with Crippen LogP contribution < -0.4 is 16.4 Å². The van der Waals surface area contributed by atoms with Crippen molar-refractivity contribution < 1.29 is 4.79 Å². The normalized spacial score (nSPS) is 11.9. The van der Waals surface area contributed by atoms with Crippen molar-refractivity contribution in [1.29, 1.82) is 0 Å². The third-order valence-corrected chi connectivity index (χ3v) is 3.69. The predicted molar refractivity (Wildman–Crippen MR) is 80.8 cm³/mol. The van der Waals surface area contributed by atoms with Gasteiger partial charge in [0.2, 0.25) is 0 Å². The van der Waals surface area contributed by atoms with Crippen LogP contribution in [0.5, 0.6) is 0 Å². The summed E-state index contributed by atoms with van der Waals surface area (Å²) in [5.41, 5.74) is 6.57. The zero-order valence-electron chi connectivity index (χ0n) is 11.4. The topological polar surface area (TPSA) is 92.9 Å². The van der Waals surface area contributed by atoms with Crippen molar-refractivity contribution in [2.24, 2.45) is 0 Å². The molecule has 2 rings (SSSR count). The Bertz CT molecular complexity index is 584. The molecule has 6 nitrogen and oxygen atoms in total. The number of nitrogens with two attached hydrogens (primary N) is 1. The van der Waals surface area contributed by atoms with Gasteiger partial charge in [-0.25, -0.2) is 4.98 Å². The van der Waals surface area contributed by atoms with Gasteiger partial charge in [0, 0.05) is 12.7 Å². The lowest BCUT2D eigenvalue weighted by Gasteiger charge is -2.12. The quantitative estimate of drug-likeness (QED) is 0.784. The third kappa shape index (κ3) is 3.24. The minimum Gasteiger partial charge on any atom is -0.382 e. The van der Waals surface area contributed by atoms with Crippen molar-refractivity contribution in [2.45, 2.75) is 19.9 Å². The first kappa shape index (κ1) is 14.3. The molecule has 1 amide bonds. The monoisotopic (exact) mass is 291 g/mol. The molecule has 1 atom stereocenters. The molecule has 0 aliphatic rings. The molecule has 0 aromatic carbocycles. The largest absolute Gasteiger partial charge is 0.382 e. The number of thiazole rings is 1. The molecule has 0 bridgehead atoms. The average molecular weight is 291 g/mol. The summed E-state index contributed by atoms with van der Waals surface area (Å²) < 4.78 is 0. The van der Waals surface area contributed by atoms with E-state index >= 15 is 0 Å². The molecule has 1 unspecified atom stereocenters. The van der Waals surface area contributed by atoms with Gasteiger partial charge >= 0.3 is 0 Å². The number of hydrogen-bond acceptors (Lipinski definition) is 6. The maximum atomic E-state index is 12.2. The molecule has 106 valence electrons. The van der Waals surface area contributed by atoms with Crippen molar-refractivity contribution in [3.8, 4) is 0 Å². The number of aromatic nitrogens is 2. The van der Waals surface area contributed by atoms with Crippen LogP contribution in [0.25, 0.3) is 0 Å². The Morgan fingerprint density at radius 1 is 1.50 bits per heavy atom. The molecule has 0 radical (unpaired) electrons. The summed E-state index contributed by atoms with van der Waals surface area (Å²) in [5.74, 6) is 0.0129. The number of anilines is 2. The van der Waals surface area contributed by atoms with Crippen molar-refractivity contribution in [2.75, 3.05) is 17.6 Å². The molecular weight excluding hydrogens is 274 g/mol. The fourth-order valence-corrected chi connectivity index (χ4v) is 2.55. The average Bonchev–Trinajstić information content (AvgIpc) is 2.81. The Balaban J connectivity index is 2.08. The summed E-state index contributed by atoms with van der Waals surface area (Å²) in [6.45, 7) is 4.57. The Kier molecular flexibility index (Phi) is 4.52. The van der Waals surface area contributed by atoms with E-state index in [2.05, 4.69) is 20.6 Å². The van der Waals surface area contributed by atoms with Crippen LogP contribution in [0.1, 0.15) is 35.3 Å². The molecule has 4 N–H and O–H groups in total. The Labute approximate surface area is 121 Å². The highest BCUT2D eigenvalue weighted by Crippen LogP contribution is 2.25. The van der Waals surface area contributed by atoms with E-state index < -0.39 is 0 Å².